The topological polar surface area (TPSA) is 47.9 Å². The molecule has 0 saturated heterocycles. The summed E-state index contributed by atoms with van der Waals surface area (Å²) in [6.07, 6.45) is 6.48. The van der Waals surface area contributed by atoms with Gasteiger partial charge in [0.1, 0.15) is 12.1 Å². The Morgan fingerprint density at radius 1 is 1.21 bits per heavy atom. The summed E-state index contributed by atoms with van der Waals surface area (Å²) < 4.78 is 6.36. The summed E-state index contributed by atoms with van der Waals surface area (Å²) in [6.45, 7) is 0. The highest BCUT2D eigenvalue weighted by Gasteiger charge is 2.02. The largest absolute Gasteiger partial charge is 0.436 e. The van der Waals surface area contributed by atoms with E-state index in [1.54, 1.807) is 18.6 Å². The van der Waals surface area contributed by atoms with Crippen LogP contribution in [0.15, 0.2) is 37.1 Å². The van der Waals surface area contributed by atoms with Crippen molar-refractivity contribution in [3.63, 3.8) is 0 Å². The number of halogens is 1. The molecule has 5 heteroatoms. The minimum absolute atomic E-state index is 0.550. The second kappa shape index (κ2) is 4.32. The number of hydrogen-bond donors (Lipinski definition) is 0. The summed E-state index contributed by atoms with van der Waals surface area (Å²) in [4.78, 5) is 11.8. The first-order chi connectivity index (χ1) is 6.86. The van der Waals surface area contributed by atoms with Crippen molar-refractivity contribution in [1.29, 1.82) is 0 Å². The SMILES string of the molecule is Ic1cncnc1Oc1cccnc1. The van der Waals surface area contributed by atoms with Crippen LogP contribution in [0.3, 0.4) is 0 Å². The number of nitrogens with zero attached hydrogens (tertiary/aromatic N) is 3. The third kappa shape index (κ3) is 2.16. The molecule has 0 unspecified atom stereocenters. The van der Waals surface area contributed by atoms with E-state index in [1.807, 2.05) is 12.1 Å². The predicted octanol–water partition coefficient (Wildman–Crippen LogP) is 2.27. The molecule has 14 heavy (non-hydrogen) atoms. The van der Waals surface area contributed by atoms with Crippen molar-refractivity contribution >= 4 is 22.6 Å². The van der Waals surface area contributed by atoms with E-state index < -0.39 is 0 Å². The average molecular weight is 299 g/mol. The molecule has 0 fully saturated rings. The smallest absolute Gasteiger partial charge is 0.235 e. The quantitative estimate of drug-likeness (QED) is 0.798. The molecule has 0 N–H and O–H groups in total. The fraction of sp³-hybridized carbons (Fsp3) is 0. The highest BCUT2D eigenvalue weighted by Crippen LogP contribution is 2.21. The molecule has 0 aliphatic heterocycles. The summed E-state index contributed by atoms with van der Waals surface area (Å²) in [6, 6.07) is 3.63. The minimum atomic E-state index is 0.550. The van der Waals surface area contributed by atoms with Crippen molar-refractivity contribution in [3.05, 3.63) is 40.6 Å². The van der Waals surface area contributed by atoms with Crippen LogP contribution in [0.4, 0.5) is 0 Å². The number of rotatable bonds is 2. The summed E-state index contributed by atoms with van der Waals surface area (Å²) in [5.74, 6) is 1.22. The number of hydrogen-bond acceptors (Lipinski definition) is 4. The van der Waals surface area contributed by atoms with Crippen LogP contribution in [0.5, 0.6) is 11.6 Å². The van der Waals surface area contributed by atoms with Crippen LogP contribution in [0.2, 0.25) is 0 Å². The van der Waals surface area contributed by atoms with Crippen molar-refractivity contribution in [2.45, 2.75) is 0 Å². The van der Waals surface area contributed by atoms with Gasteiger partial charge in [0.2, 0.25) is 5.88 Å². The van der Waals surface area contributed by atoms with E-state index >= 15 is 0 Å². The van der Waals surface area contributed by atoms with Gasteiger partial charge in [-0.15, -0.1) is 0 Å². The van der Waals surface area contributed by atoms with Gasteiger partial charge in [-0.1, -0.05) is 0 Å². The maximum atomic E-state index is 5.49. The van der Waals surface area contributed by atoms with Crippen LogP contribution in [0, 0.1) is 3.57 Å². The van der Waals surface area contributed by atoms with Gasteiger partial charge in [0.25, 0.3) is 0 Å². The van der Waals surface area contributed by atoms with Gasteiger partial charge >= 0.3 is 0 Å². The highest BCUT2D eigenvalue weighted by atomic mass is 127. The Balaban J connectivity index is 2.24. The molecule has 2 rings (SSSR count). The lowest BCUT2D eigenvalue weighted by molar-refractivity contribution is 0.455. The first-order valence-corrected chi connectivity index (χ1v) is 4.97. The van der Waals surface area contributed by atoms with Crippen molar-refractivity contribution in [2.24, 2.45) is 0 Å². The molecule has 0 amide bonds. The van der Waals surface area contributed by atoms with E-state index in [2.05, 4.69) is 37.5 Å². The molecule has 2 aromatic rings. The van der Waals surface area contributed by atoms with Gasteiger partial charge in [-0.25, -0.2) is 9.97 Å². The molecule has 2 heterocycles. The molecule has 0 aliphatic rings. The fourth-order valence-electron chi connectivity index (χ4n) is 0.896. The molecule has 4 nitrogen and oxygen atoms in total. The van der Waals surface area contributed by atoms with Crippen LogP contribution in [0.25, 0.3) is 0 Å². The summed E-state index contributed by atoms with van der Waals surface area (Å²) in [5.41, 5.74) is 0. The Morgan fingerprint density at radius 3 is 2.86 bits per heavy atom. The number of pyridine rings is 1. The van der Waals surface area contributed by atoms with E-state index in [1.165, 1.54) is 6.33 Å². The van der Waals surface area contributed by atoms with Gasteiger partial charge < -0.3 is 4.74 Å². The molecule has 70 valence electrons. The molecule has 0 saturated carbocycles. The van der Waals surface area contributed by atoms with E-state index in [9.17, 15) is 0 Å². The Morgan fingerprint density at radius 2 is 2.14 bits per heavy atom. The van der Waals surface area contributed by atoms with Crippen molar-refractivity contribution in [2.75, 3.05) is 0 Å². The van der Waals surface area contributed by atoms with E-state index in [0.29, 0.717) is 11.6 Å². The monoisotopic (exact) mass is 299 g/mol. The van der Waals surface area contributed by atoms with Crippen LogP contribution in [-0.2, 0) is 0 Å². The Labute approximate surface area is 94.5 Å². The predicted molar refractivity (Wildman–Crippen MR) is 59.1 cm³/mol. The van der Waals surface area contributed by atoms with Gasteiger partial charge in [0, 0.05) is 12.4 Å². The van der Waals surface area contributed by atoms with Crippen LogP contribution < -0.4 is 4.74 Å². The summed E-state index contributed by atoms with van der Waals surface area (Å²) in [5, 5.41) is 0. The molecule has 0 atom stereocenters. The molecule has 0 aliphatic carbocycles. The Hall–Kier alpha value is -1.24. The summed E-state index contributed by atoms with van der Waals surface area (Å²) in [7, 11) is 0. The molecule has 0 radical (unpaired) electrons. The lowest BCUT2D eigenvalue weighted by Crippen LogP contribution is -1.91. The highest BCUT2D eigenvalue weighted by molar-refractivity contribution is 14.1. The maximum absolute atomic E-state index is 5.49. The van der Waals surface area contributed by atoms with Crippen molar-refractivity contribution < 1.29 is 4.74 Å². The molecular formula is C9H6IN3O. The van der Waals surface area contributed by atoms with Gasteiger partial charge in [-0.05, 0) is 34.7 Å². The molecule has 2 aromatic heterocycles. The van der Waals surface area contributed by atoms with Crippen LogP contribution in [-0.4, -0.2) is 15.0 Å². The van der Waals surface area contributed by atoms with Gasteiger partial charge in [-0.3, -0.25) is 4.98 Å². The lowest BCUT2D eigenvalue weighted by Gasteiger charge is -2.04. The molecular weight excluding hydrogens is 293 g/mol. The summed E-state index contributed by atoms with van der Waals surface area (Å²) >= 11 is 2.12. The molecule has 0 bridgehead atoms. The normalized spacial score (nSPS) is 9.79. The van der Waals surface area contributed by atoms with Crippen molar-refractivity contribution in [3.8, 4) is 11.6 Å². The van der Waals surface area contributed by atoms with Gasteiger partial charge in [-0.2, -0.15) is 0 Å². The number of aromatic nitrogens is 3. The van der Waals surface area contributed by atoms with Crippen molar-refractivity contribution in [1.82, 2.24) is 15.0 Å². The zero-order valence-corrected chi connectivity index (χ0v) is 9.25. The second-order valence-corrected chi connectivity index (χ2v) is 3.63. The minimum Gasteiger partial charge on any atom is -0.436 e. The zero-order valence-electron chi connectivity index (χ0n) is 7.09. The lowest BCUT2D eigenvalue weighted by atomic mass is 10.5. The molecule has 0 spiro atoms. The first kappa shape index (κ1) is 9.32. The van der Waals surface area contributed by atoms with E-state index in [4.69, 9.17) is 4.74 Å². The fourth-order valence-corrected chi connectivity index (χ4v) is 1.31. The van der Waals surface area contributed by atoms with E-state index in [-0.39, 0.29) is 0 Å². The number of ether oxygens (including phenoxy) is 1. The van der Waals surface area contributed by atoms with E-state index in [0.717, 1.165) is 3.57 Å². The average Bonchev–Trinajstić information content (AvgIpc) is 2.23. The second-order valence-electron chi connectivity index (χ2n) is 2.47. The zero-order chi connectivity index (χ0) is 9.80. The third-order valence-corrected chi connectivity index (χ3v) is 2.22. The van der Waals surface area contributed by atoms with Crippen LogP contribution in [0.1, 0.15) is 0 Å². The molecule has 0 aromatic carbocycles. The Bertz CT molecular complexity index is 421. The Kier molecular flexibility index (Phi) is 2.87. The van der Waals surface area contributed by atoms with Gasteiger partial charge in [0.15, 0.2) is 0 Å². The third-order valence-electron chi connectivity index (χ3n) is 1.48. The van der Waals surface area contributed by atoms with Gasteiger partial charge in [0.05, 0.1) is 9.77 Å². The van der Waals surface area contributed by atoms with Crippen LogP contribution >= 0.6 is 22.6 Å². The first-order valence-electron chi connectivity index (χ1n) is 3.89. The standard InChI is InChI=1S/C9H6IN3O/c10-8-5-12-6-13-9(8)14-7-2-1-3-11-4-7/h1-6H. The maximum Gasteiger partial charge on any atom is 0.235 e.